The quantitative estimate of drug-likeness (QED) is 0.519. The van der Waals surface area contributed by atoms with Gasteiger partial charge in [-0.3, -0.25) is 4.79 Å². The SMILES string of the molecule is CC1(Cc2cncnc2)C(=O)N(c2ncn[nH]2)c2ccc(-c3ccc(F)c(Cl)c3)cc21. The van der Waals surface area contributed by atoms with E-state index in [0.29, 0.717) is 18.1 Å². The van der Waals surface area contributed by atoms with Crippen molar-refractivity contribution in [2.24, 2.45) is 0 Å². The molecule has 2 aromatic heterocycles. The van der Waals surface area contributed by atoms with Crippen LogP contribution in [-0.2, 0) is 16.6 Å². The van der Waals surface area contributed by atoms with Crippen LogP contribution < -0.4 is 4.90 Å². The monoisotopic (exact) mass is 434 g/mol. The van der Waals surface area contributed by atoms with E-state index in [2.05, 4.69) is 25.1 Å². The Morgan fingerprint density at radius 2 is 1.84 bits per heavy atom. The van der Waals surface area contributed by atoms with Gasteiger partial charge in [0.2, 0.25) is 11.9 Å². The molecule has 31 heavy (non-hydrogen) atoms. The minimum Gasteiger partial charge on any atom is -0.273 e. The number of H-pyrrole nitrogens is 1. The Morgan fingerprint density at radius 3 is 2.55 bits per heavy atom. The first-order valence-electron chi connectivity index (χ1n) is 9.51. The van der Waals surface area contributed by atoms with Gasteiger partial charge in [0, 0.05) is 12.4 Å². The highest BCUT2D eigenvalue weighted by Gasteiger charge is 2.49. The molecule has 4 aromatic rings. The van der Waals surface area contributed by atoms with Crippen molar-refractivity contribution in [3.05, 3.63) is 83.4 Å². The van der Waals surface area contributed by atoms with Crippen molar-refractivity contribution in [1.29, 1.82) is 0 Å². The van der Waals surface area contributed by atoms with Gasteiger partial charge in [-0.05, 0) is 59.9 Å². The Bertz CT molecular complexity index is 1280. The molecule has 9 heteroatoms. The van der Waals surface area contributed by atoms with Crippen LogP contribution in [0.5, 0.6) is 0 Å². The van der Waals surface area contributed by atoms with Gasteiger partial charge in [-0.25, -0.2) is 24.4 Å². The number of aromatic amines is 1. The lowest BCUT2D eigenvalue weighted by Crippen LogP contribution is -2.38. The Labute approximate surface area is 182 Å². The number of rotatable bonds is 4. The van der Waals surface area contributed by atoms with Gasteiger partial charge in [-0.15, -0.1) is 0 Å². The molecule has 1 aliphatic heterocycles. The maximum atomic E-state index is 13.7. The number of nitrogens with zero attached hydrogens (tertiary/aromatic N) is 5. The van der Waals surface area contributed by atoms with Gasteiger partial charge >= 0.3 is 0 Å². The number of hydrogen-bond donors (Lipinski definition) is 1. The Morgan fingerprint density at radius 1 is 1.10 bits per heavy atom. The highest BCUT2D eigenvalue weighted by molar-refractivity contribution is 6.31. The molecule has 3 heterocycles. The van der Waals surface area contributed by atoms with E-state index in [9.17, 15) is 9.18 Å². The van der Waals surface area contributed by atoms with Gasteiger partial charge < -0.3 is 0 Å². The summed E-state index contributed by atoms with van der Waals surface area (Å²) in [7, 11) is 0. The number of hydrogen-bond acceptors (Lipinski definition) is 5. The fourth-order valence-electron chi connectivity index (χ4n) is 4.02. The average molecular weight is 435 g/mol. The van der Waals surface area contributed by atoms with Crippen molar-refractivity contribution >= 4 is 29.1 Å². The predicted octanol–water partition coefficient (Wildman–Crippen LogP) is 4.23. The van der Waals surface area contributed by atoms with Gasteiger partial charge in [0.1, 0.15) is 18.5 Å². The summed E-state index contributed by atoms with van der Waals surface area (Å²) >= 11 is 5.99. The van der Waals surface area contributed by atoms with Crippen LogP contribution in [0.15, 0.2) is 61.4 Å². The van der Waals surface area contributed by atoms with Crippen LogP contribution in [-0.4, -0.2) is 31.1 Å². The third-order valence-corrected chi connectivity index (χ3v) is 5.84. The first-order valence-corrected chi connectivity index (χ1v) is 9.89. The molecule has 1 amide bonds. The first kappa shape index (κ1) is 19.3. The number of amides is 1. The highest BCUT2D eigenvalue weighted by Crippen LogP contribution is 2.47. The standard InChI is InChI=1S/C22H16ClFN6O/c1-22(8-13-9-25-11-26-10-13)16-6-14(15-2-4-18(24)17(23)7-15)3-5-19(16)30(20(22)31)21-27-12-28-29-21/h2-7,9-12H,8H2,1H3,(H,27,28,29). The maximum Gasteiger partial charge on any atom is 0.244 e. The van der Waals surface area contributed by atoms with E-state index in [1.165, 1.54) is 23.6 Å². The van der Waals surface area contributed by atoms with Crippen molar-refractivity contribution in [1.82, 2.24) is 25.1 Å². The van der Waals surface area contributed by atoms with Gasteiger partial charge in [0.15, 0.2) is 0 Å². The van der Waals surface area contributed by atoms with Crippen molar-refractivity contribution < 1.29 is 9.18 Å². The molecule has 0 spiro atoms. The smallest absolute Gasteiger partial charge is 0.244 e. The van der Waals surface area contributed by atoms with Crippen LogP contribution in [0.3, 0.4) is 0 Å². The molecule has 0 bridgehead atoms. The Hall–Kier alpha value is -3.65. The van der Waals surface area contributed by atoms with Gasteiger partial charge in [-0.1, -0.05) is 23.7 Å². The summed E-state index contributed by atoms with van der Waals surface area (Å²) in [5, 5.41) is 6.70. The van der Waals surface area contributed by atoms with Crippen molar-refractivity contribution in [3.8, 4) is 11.1 Å². The molecule has 1 aliphatic rings. The van der Waals surface area contributed by atoms with Crippen LogP contribution in [0, 0.1) is 5.82 Å². The normalized spacial score (nSPS) is 17.8. The molecule has 0 saturated carbocycles. The van der Waals surface area contributed by atoms with Gasteiger partial charge in [-0.2, -0.15) is 10.1 Å². The zero-order chi connectivity index (χ0) is 21.6. The van der Waals surface area contributed by atoms with Gasteiger partial charge in [0.25, 0.3) is 0 Å². The number of benzene rings is 2. The van der Waals surface area contributed by atoms with E-state index in [1.807, 2.05) is 25.1 Å². The molecular formula is C22H16ClFN6O. The number of nitrogens with one attached hydrogen (secondary N) is 1. The van der Waals surface area contributed by atoms with Crippen molar-refractivity contribution in [2.45, 2.75) is 18.8 Å². The molecule has 2 aromatic carbocycles. The number of fused-ring (bicyclic) bond motifs is 1. The second kappa shape index (κ2) is 7.24. The number of anilines is 2. The molecule has 0 aliphatic carbocycles. The summed E-state index contributed by atoms with van der Waals surface area (Å²) < 4.78 is 13.6. The highest BCUT2D eigenvalue weighted by atomic mass is 35.5. The fourth-order valence-corrected chi connectivity index (χ4v) is 4.20. The summed E-state index contributed by atoms with van der Waals surface area (Å²) in [6, 6.07) is 10.2. The minimum absolute atomic E-state index is 0.0431. The summed E-state index contributed by atoms with van der Waals surface area (Å²) in [6.45, 7) is 1.89. The molecule has 0 radical (unpaired) electrons. The van der Waals surface area contributed by atoms with E-state index in [0.717, 1.165) is 22.3 Å². The van der Waals surface area contributed by atoms with Gasteiger partial charge in [0.05, 0.1) is 16.1 Å². The zero-order valence-electron chi connectivity index (χ0n) is 16.4. The molecule has 0 saturated heterocycles. The number of carbonyl (C=O) groups is 1. The summed E-state index contributed by atoms with van der Waals surface area (Å²) in [5.41, 5.74) is 3.04. The minimum atomic E-state index is -0.896. The molecule has 154 valence electrons. The van der Waals surface area contributed by atoms with E-state index >= 15 is 0 Å². The topological polar surface area (TPSA) is 87.7 Å². The average Bonchev–Trinajstić information content (AvgIpc) is 3.37. The number of carbonyl (C=O) groups excluding carboxylic acids is 1. The fraction of sp³-hybridized carbons (Fsp3) is 0.136. The van der Waals surface area contributed by atoms with Crippen molar-refractivity contribution in [2.75, 3.05) is 4.90 Å². The van der Waals surface area contributed by atoms with E-state index in [1.54, 1.807) is 24.5 Å². The molecule has 1 atom stereocenters. The predicted molar refractivity (Wildman–Crippen MR) is 113 cm³/mol. The van der Waals surface area contributed by atoms with E-state index in [4.69, 9.17) is 11.6 Å². The molecular weight excluding hydrogens is 419 g/mol. The third-order valence-electron chi connectivity index (χ3n) is 5.55. The van der Waals surface area contributed by atoms with Crippen LogP contribution in [0.4, 0.5) is 16.0 Å². The van der Waals surface area contributed by atoms with Crippen LogP contribution in [0.2, 0.25) is 5.02 Å². The summed E-state index contributed by atoms with van der Waals surface area (Å²) in [4.78, 5) is 27.5. The molecule has 1 unspecified atom stereocenters. The summed E-state index contributed by atoms with van der Waals surface area (Å²) in [6.07, 6.45) is 6.61. The Kier molecular flexibility index (Phi) is 4.51. The maximum absolute atomic E-state index is 13.7. The third kappa shape index (κ3) is 3.16. The largest absolute Gasteiger partial charge is 0.273 e. The lowest BCUT2D eigenvalue weighted by Gasteiger charge is -2.23. The second-order valence-corrected chi connectivity index (χ2v) is 7.97. The van der Waals surface area contributed by atoms with Crippen LogP contribution in [0.1, 0.15) is 18.1 Å². The molecule has 0 fully saturated rings. The van der Waals surface area contributed by atoms with E-state index in [-0.39, 0.29) is 10.9 Å². The lowest BCUT2D eigenvalue weighted by atomic mass is 9.78. The van der Waals surface area contributed by atoms with Crippen LogP contribution >= 0.6 is 11.6 Å². The lowest BCUT2D eigenvalue weighted by molar-refractivity contribution is -0.122. The molecule has 5 rings (SSSR count). The molecule has 1 N–H and O–H groups in total. The van der Waals surface area contributed by atoms with Crippen LogP contribution in [0.25, 0.3) is 11.1 Å². The number of aromatic nitrogens is 5. The summed E-state index contributed by atoms with van der Waals surface area (Å²) in [5.74, 6) is -0.276. The molecule has 7 nitrogen and oxygen atoms in total. The number of halogens is 2. The Balaban J connectivity index is 1.67. The second-order valence-electron chi connectivity index (χ2n) is 7.57. The van der Waals surface area contributed by atoms with E-state index < -0.39 is 11.2 Å². The first-order chi connectivity index (χ1) is 15.0. The zero-order valence-corrected chi connectivity index (χ0v) is 17.1. The van der Waals surface area contributed by atoms with Crippen molar-refractivity contribution in [3.63, 3.8) is 0 Å².